The van der Waals surface area contributed by atoms with Gasteiger partial charge in [0.2, 0.25) is 0 Å². The zero-order valence-corrected chi connectivity index (χ0v) is 12.8. The standard InChI is InChI=1S/C16H27NS/c1-4-17-16(14(2)3)12-8-9-13-18-15-10-6-5-7-11-15/h5-7,10-11,14,16-17H,4,8-9,12-13H2,1-3H3. The summed E-state index contributed by atoms with van der Waals surface area (Å²) in [6, 6.07) is 11.4. The maximum atomic E-state index is 3.58. The van der Waals surface area contributed by atoms with Gasteiger partial charge in [-0.15, -0.1) is 11.8 Å². The van der Waals surface area contributed by atoms with Gasteiger partial charge in [-0.25, -0.2) is 0 Å². The summed E-state index contributed by atoms with van der Waals surface area (Å²) in [5, 5.41) is 3.58. The van der Waals surface area contributed by atoms with E-state index in [1.165, 1.54) is 29.9 Å². The lowest BCUT2D eigenvalue weighted by atomic mass is 9.98. The lowest BCUT2D eigenvalue weighted by Crippen LogP contribution is -2.33. The topological polar surface area (TPSA) is 12.0 Å². The van der Waals surface area contributed by atoms with Gasteiger partial charge in [0.25, 0.3) is 0 Å². The summed E-state index contributed by atoms with van der Waals surface area (Å²) in [6.45, 7) is 7.90. The highest BCUT2D eigenvalue weighted by Crippen LogP contribution is 2.19. The summed E-state index contributed by atoms with van der Waals surface area (Å²) >= 11 is 1.97. The van der Waals surface area contributed by atoms with Crippen molar-refractivity contribution in [3.63, 3.8) is 0 Å². The number of thioether (sulfide) groups is 1. The van der Waals surface area contributed by atoms with E-state index in [4.69, 9.17) is 0 Å². The highest BCUT2D eigenvalue weighted by atomic mass is 32.2. The van der Waals surface area contributed by atoms with Gasteiger partial charge in [-0.05, 0) is 43.2 Å². The summed E-state index contributed by atoms with van der Waals surface area (Å²) < 4.78 is 0. The monoisotopic (exact) mass is 265 g/mol. The smallest absolute Gasteiger partial charge is 0.00899 e. The van der Waals surface area contributed by atoms with E-state index >= 15 is 0 Å². The molecule has 102 valence electrons. The minimum Gasteiger partial charge on any atom is -0.314 e. The van der Waals surface area contributed by atoms with Crippen molar-refractivity contribution >= 4 is 11.8 Å². The molecule has 0 amide bonds. The normalized spacial score (nSPS) is 12.9. The summed E-state index contributed by atoms with van der Waals surface area (Å²) in [5.74, 6) is 1.98. The Morgan fingerprint density at radius 2 is 1.83 bits per heavy atom. The zero-order chi connectivity index (χ0) is 13.2. The van der Waals surface area contributed by atoms with Crippen LogP contribution < -0.4 is 5.32 Å². The highest BCUT2D eigenvalue weighted by Gasteiger charge is 2.10. The lowest BCUT2D eigenvalue weighted by Gasteiger charge is -2.21. The predicted octanol–water partition coefficient (Wildman–Crippen LogP) is 4.58. The lowest BCUT2D eigenvalue weighted by molar-refractivity contribution is 0.376. The second kappa shape index (κ2) is 9.46. The Kier molecular flexibility index (Phi) is 8.19. The largest absolute Gasteiger partial charge is 0.314 e. The summed E-state index contributed by atoms with van der Waals surface area (Å²) in [7, 11) is 0. The molecular formula is C16H27NS. The molecule has 1 aromatic carbocycles. The third-order valence-corrected chi connectivity index (χ3v) is 4.29. The molecule has 1 unspecified atom stereocenters. The van der Waals surface area contributed by atoms with E-state index in [2.05, 4.69) is 56.4 Å². The summed E-state index contributed by atoms with van der Waals surface area (Å²) in [6.07, 6.45) is 3.95. The van der Waals surface area contributed by atoms with Crippen LogP contribution in [0.1, 0.15) is 40.0 Å². The number of hydrogen-bond donors (Lipinski definition) is 1. The van der Waals surface area contributed by atoms with E-state index in [0.717, 1.165) is 12.5 Å². The second-order valence-electron chi connectivity index (χ2n) is 5.07. The van der Waals surface area contributed by atoms with Crippen molar-refractivity contribution in [1.82, 2.24) is 5.32 Å². The first-order valence-electron chi connectivity index (χ1n) is 7.15. The van der Waals surface area contributed by atoms with Crippen LogP contribution in [0.5, 0.6) is 0 Å². The molecule has 1 aromatic rings. The molecule has 1 rings (SSSR count). The Labute approximate surface area is 117 Å². The maximum Gasteiger partial charge on any atom is 0.00899 e. The zero-order valence-electron chi connectivity index (χ0n) is 12.0. The van der Waals surface area contributed by atoms with Crippen LogP contribution in [0.25, 0.3) is 0 Å². The third-order valence-electron chi connectivity index (χ3n) is 3.19. The Morgan fingerprint density at radius 1 is 1.11 bits per heavy atom. The van der Waals surface area contributed by atoms with Crippen LogP contribution in [-0.4, -0.2) is 18.3 Å². The van der Waals surface area contributed by atoms with Gasteiger partial charge >= 0.3 is 0 Å². The molecule has 0 saturated heterocycles. The van der Waals surface area contributed by atoms with Gasteiger partial charge < -0.3 is 5.32 Å². The Morgan fingerprint density at radius 3 is 2.44 bits per heavy atom. The molecule has 0 aliphatic carbocycles. The molecular weight excluding hydrogens is 238 g/mol. The number of benzene rings is 1. The SMILES string of the molecule is CCNC(CCCCSc1ccccc1)C(C)C. The molecule has 0 bridgehead atoms. The number of hydrogen-bond acceptors (Lipinski definition) is 2. The summed E-state index contributed by atoms with van der Waals surface area (Å²) in [4.78, 5) is 1.39. The number of nitrogens with one attached hydrogen (secondary N) is 1. The second-order valence-corrected chi connectivity index (χ2v) is 6.23. The molecule has 0 saturated carbocycles. The molecule has 1 nitrogen and oxygen atoms in total. The van der Waals surface area contributed by atoms with Crippen molar-refractivity contribution in [1.29, 1.82) is 0 Å². The van der Waals surface area contributed by atoms with E-state index in [0.29, 0.717) is 6.04 Å². The van der Waals surface area contributed by atoms with E-state index in [1.54, 1.807) is 0 Å². The van der Waals surface area contributed by atoms with Gasteiger partial charge in [0.05, 0.1) is 0 Å². The minimum atomic E-state index is 0.691. The van der Waals surface area contributed by atoms with Crippen LogP contribution in [0.15, 0.2) is 35.2 Å². The van der Waals surface area contributed by atoms with Crippen molar-refractivity contribution < 1.29 is 0 Å². The molecule has 0 radical (unpaired) electrons. The van der Waals surface area contributed by atoms with Gasteiger partial charge in [0, 0.05) is 10.9 Å². The fourth-order valence-electron chi connectivity index (χ4n) is 2.11. The molecule has 1 atom stereocenters. The van der Waals surface area contributed by atoms with Crippen molar-refractivity contribution in [2.45, 2.75) is 51.0 Å². The molecule has 0 aliphatic heterocycles. The quantitative estimate of drug-likeness (QED) is 0.518. The molecule has 1 N–H and O–H groups in total. The van der Waals surface area contributed by atoms with Crippen LogP contribution in [-0.2, 0) is 0 Å². The van der Waals surface area contributed by atoms with Gasteiger partial charge in [-0.3, -0.25) is 0 Å². The average Bonchev–Trinajstić information content (AvgIpc) is 2.38. The highest BCUT2D eigenvalue weighted by molar-refractivity contribution is 7.99. The maximum absolute atomic E-state index is 3.58. The molecule has 0 aromatic heterocycles. The van der Waals surface area contributed by atoms with Crippen LogP contribution in [0.3, 0.4) is 0 Å². The molecule has 0 heterocycles. The first-order chi connectivity index (χ1) is 8.74. The first-order valence-corrected chi connectivity index (χ1v) is 8.13. The number of rotatable bonds is 9. The fraction of sp³-hybridized carbons (Fsp3) is 0.625. The fourth-order valence-corrected chi connectivity index (χ4v) is 3.04. The van der Waals surface area contributed by atoms with E-state index in [9.17, 15) is 0 Å². The number of unbranched alkanes of at least 4 members (excludes halogenated alkanes) is 1. The molecule has 18 heavy (non-hydrogen) atoms. The summed E-state index contributed by atoms with van der Waals surface area (Å²) in [5.41, 5.74) is 0. The van der Waals surface area contributed by atoms with Crippen LogP contribution >= 0.6 is 11.8 Å². The van der Waals surface area contributed by atoms with Crippen molar-refractivity contribution in [2.24, 2.45) is 5.92 Å². The molecule has 0 aliphatic rings. The van der Waals surface area contributed by atoms with Gasteiger partial charge in [0.1, 0.15) is 0 Å². The average molecular weight is 265 g/mol. The van der Waals surface area contributed by atoms with Crippen LogP contribution in [0.4, 0.5) is 0 Å². The third kappa shape index (κ3) is 6.46. The molecule has 2 heteroatoms. The predicted molar refractivity (Wildman–Crippen MR) is 83.3 cm³/mol. The van der Waals surface area contributed by atoms with Gasteiger partial charge in [-0.2, -0.15) is 0 Å². The Hall–Kier alpha value is -0.470. The van der Waals surface area contributed by atoms with E-state index < -0.39 is 0 Å². The molecule has 0 spiro atoms. The van der Waals surface area contributed by atoms with Gasteiger partial charge in [0.15, 0.2) is 0 Å². The minimum absolute atomic E-state index is 0.691. The Bertz CT molecular complexity index is 297. The van der Waals surface area contributed by atoms with E-state index in [-0.39, 0.29) is 0 Å². The Balaban J connectivity index is 2.10. The van der Waals surface area contributed by atoms with Crippen molar-refractivity contribution in [3.05, 3.63) is 30.3 Å². The first kappa shape index (κ1) is 15.6. The van der Waals surface area contributed by atoms with E-state index in [1.807, 2.05) is 11.8 Å². The molecule has 0 fully saturated rings. The van der Waals surface area contributed by atoms with Crippen LogP contribution in [0.2, 0.25) is 0 Å². The van der Waals surface area contributed by atoms with Gasteiger partial charge in [-0.1, -0.05) is 45.4 Å². The van der Waals surface area contributed by atoms with Crippen LogP contribution in [0, 0.1) is 5.92 Å². The van der Waals surface area contributed by atoms with Crippen molar-refractivity contribution in [3.8, 4) is 0 Å². The van der Waals surface area contributed by atoms with Crippen molar-refractivity contribution in [2.75, 3.05) is 12.3 Å².